The number of allylic oxidation sites excluding steroid dienone is 3. The van der Waals surface area contributed by atoms with E-state index < -0.39 is 0 Å². The first-order valence-electron chi connectivity index (χ1n) is 10.2. The van der Waals surface area contributed by atoms with E-state index in [0.717, 1.165) is 28.1 Å². The fraction of sp³-hybridized carbons (Fsp3) is 0.360. The van der Waals surface area contributed by atoms with Crippen molar-refractivity contribution >= 4 is 5.69 Å². The molecule has 0 saturated heterocycles. The monoisotopic (exact) mass is 378 g/mol. The summed E-state index contributed by atoms with van der Waals surface area (Å²) >= 11 is 0. The molecule has 3 rings (SSSR count). The van der Waals surface area contributed by atoms with Gasteiger partial charge in [-0.2, -0.15) is 0 Å². The Balaban J connectivity index is 1.76. The molecule has 2 unspecified atom stereocenters. The Morgan fingerprint density at radius 1 is 0.786 bits per heavy atom. The van der Waals surface area contributed by atoms with E-state index in [1.165, 1.54) is 0 Å². The fourth-order valence-corrected chi connectivity index (χ4v) is 3.78. The number of nitrogens with one attached hydrogen (secondary N) is 2. The van der Waals surface area contributed by atoms with Gasteiger partial charge in [0, 0.05) is 29.4 Å². The summed E-state index contributed by atoms with van der Waals surface area (Å²) in [7, 11) is 0. The Labute approximate surface area is 168 Å². The second-order valence-electron chi connectivity index (χ2n) is 8.29. The first-order chi connectivity index (χ1) is 13.3. The summed E-state index contributed by atoms with van der Waals surface area (Å²) in [6.45, 7) is 10.5. The van der Waals surface area contributed by atoms with Crippen LogP contribution in [0.2, 0.25) is 0 Å². The molecule has 0 amide bonds. The standard InChI is InChI=1S/C25H31FN2/c1-16(2)27-22-12-10-20(11-13-22)19-6-8-21(9-7-19)25-18(5)14-23(15-24(25)26)28-17(3)4/h6-18,25,27-28H,1-5H3. The molecule has 3 heteroatoms. The summed E-state index contributed by atoms with van der Waals surface area (Å²) in [6, 6.07) is 17.4. The normalized spacial score (nSPS) is 19.4. The minimum Gasteiger partial charge on any atom is -0.383 e. The van der Waals surface area contributed by atoms with Gasteiger partial charge in [0.05, 0.1) is 0 Å². The molecule has 2 nitrogen and oxygen atoms in total. The Morgan fingerprint density at radius 3 is 1.82 bits per heavy atom. The van der Waals surface area contributed by atoms with Gasteiger partial charge in [-0.3, -0.25) is 0 Å². The molecule has 1 aliphatic carbocycles. The molecule has 2 N–H and O–H groups in total. The van der Waals surface area contributed by atoms with Crippen molar-refractivity contribution in [3.05, 3.63) is 77.8 Å². The number of rotatable bonds is 6. The lowest BCUT2D eigenvalue weighted by molar-refractivity contribution is 0.466. The molecule has 0 aromatic heterocycles. The lowest BCUT2D eigenvalue weighted by atomic mass is 9.82. The Morgan fingerprint density at radius 2 is 1.32 bits per heavy atom. The molecule has 0 saturated carbocycles. The van der Waals surface area contributed by atoms with Crippen LogP contribution in [-0.2, 0) is 0 Å². The van der Waals surface area contributed by atoms with Gasteiger partial charge in [-0.05, 0) is 68.5 Å². The molecule has 0 bridgehead atoms. The van der Waals surface area contributed by atoms with Gasteiger partial charge in [-0.25, -0.2) is 4.39 Å². The van der Waals surface area contributed by atoms with E-state index in [2.05, 4.69) is 99.9 Å². The molecule has 0 radical (unpaired) electrons. The van der Waals surface area contributed by atoms with Gasteiger partial charge in [-0.15, -0.1) is 0 Å². The fourth-order valence-electron chi connectivity index (χ4n) is 3.78. The van der Waals surface area contributed by atoms with Crippen molar-refractivity contribution < 1.29 is 4.39 Å². The number of benzene rings is 2. The van der Waals surface area contributed by atoms with Crippen LogP contribution in [0.4, 0.5) is 10.1 Å². The van der Waals surface area contributed by atoms with Gasteiger partial charge in [0.15, 0.2) is 0 Å². The van der Waals surface area contributed by atoms with Gasteiger partial charge in [-0.1, -0.05) is 49.4 Å². The molecule has 0 fully saturated rings. The van der Waals surface area contributed by atoms with E-state index in [4.69, 9.17) is 0 Å². The summed E-state index contributed by atoms with van der Waals surface area (Å²) < 4.78 is 14.8. The quantitative estimate of drug-likeness (QED) is 0.588. The Hall–Kier alpha value is -2.55. The summed E-state index contributed by atoms with van der Waals surface area (Å²) in [6.07, 6.45) is 3.77. The number of hydrogen-bond donors (Lipinski definition) is 2. The molecule has 1 aliphatic rings. The van der Waals surface area contributed by atoms with Crippen molar-refractivity contribution in [2.45, 2.75) is 52.6 Å². The molecule has 28 heavy (non-hydrogen) atoms. The van der Waals surface area contributed by atoms with Crippen LogP contribution in [0.25, 0.3) is 11.1 Å². The van der Waals surface area contributed by atoms with Crippen LogP contribution in [0.3, 0.4) is 0 Å². The summed E-state index contributed by atoms with van der Waals surface area (Å²) in [4.78, 5) is 0. The maximum absolute atomic E-state index is 14.8. The predicted octanol–water partition coefficient (Wildman–Crippen LogP) is 6.64. The van der Waals surface area contributed by atoms with Crippen LogP contribution in [0.5, 0.6) is 0 Å². The van der Waals surface area contributed by atoms with Crippen molar-refractivity contribution in [3.63, 3.8) is 0 Å². The largest absolute Gasteiger partial charge is 0.383 e. The second kappa shape index (κ2) is 8.64. The zero-order valence-electron chi connectivity index (χ0n) is 17.5. The van der Waals surface area contributed by atoms with Gasteiger partial charge < -0.3 is 10.6 Å². The zero-order chi connectivity index (χ0) is 20.3. The van der Waals surface area contributed by atoms with E-state index in [9.17, 15) is 4.39 Å². The third-order valence-electron chi connectivity index (χ3n) is 4.96. The molecule has 2 atom stereocenters. The zero-order valence-corrected chi connectivity index (χ0v) is 17.5. The summed E-state index contributed by atoms with van der Waals surface area (Å²) in [5, 5.41) is 6.70. The molecule has 0 aliphatic heterocycles. The van der Waals surface area contributed by atoms with Crippen molar-refractivity contribution in [2.75, 3.05) is 5.32 Å². The molecule has 2 aromatic rings. The summed E-state index contributed by atoms with van der Waals surface area (Å²) in [5.74, 6) is -0.183. The van der Waals surface area contributed by atoms with Gasteiger partial charge >= 0.3 is 0 Å². The van der Waals surface area contributed by atoms with Gasteiger partial charge in [0.1, 0.15) is 5.83 Å². The van der Waals surface area contributed by atoms with Gasteiger partial charge in [0.2, 0.25) is 0 Å². The van der Waals surface area contributed by atoms with E-state index in [1.54, 1.807) is 6.08 Å². The van der Waals surface area contributed by atoms with Crippen LogP contribution < -0.4 is 10.6 Å². The smallest absolute Gasteiger partial charge is 0.110 e. The van der Waals surface area contributed by atoms with Crippen molar-refractivity contribution in [3.8, 4) is 11.1 Å². The first kappa shape index (κ1) is 20.2. The topological polar surface area (TPSA) is 24.1 Å². The van der Waals surface area contributed by atoms with Crippen molar-refractivity contribution in [2.24, 2.45) is 5.92 Å². The second-order valence-corrected chi connectivity index (χ2v) is 8.29. The van der Waals surface area contributed by atoms with E-state index >= 15 is 0 Å². The third kappa shape index (κ3) is 4.83. The number of hydrogen-bond acceptors (Lipinski definition) is 2. The number of anilines is 1. The average Bonchev–Trinajstić information content (AvgIpc) is 2.61. The number of halogens is 1. The van der Waals surface area contributed by atoms with E-state index in [0.29, 0.717) is 12.1 Å². The van der Waals surface area contributed by atoms with Crippen LogP contribution in [0, 0.1) is 5.92 Å². The lowest BCUT2D eigenvalue weighted by Crippen LogP contribution is -2.25. The average molecular weight is 379 g/mol. The minimum atomic E-state index is -0.218. The molecular weight excluding hydrogens is 347 g/mol. The first-order valence-corrected chi connectivity index (χ1v) is 10.2. The molecular formula is C25H31FN2. The van der Waals surface area contributed by atoms with Crippen LogP contribution >= 0.6 is 0 Å². The maximum atomic E-state index is 14.8. The van der Waals surface area contributed by atoms with E-state index in [1.807, 2.05) is 0 Å². The SMILES string of the molecule is CC(C)NC1=CC(C)C(c2ccc(-c3ccc(NC(C)C)cc3)cc2)C(F)=C1. The molecule has 0 spiro atoms. The highest BCUT2D eigenvalue weighted by Gasteiger charge is 2.26. The van der Waals surface area contributed by atoms with Crippen molar-refractivity contribution in [1.82, 2.24) is 5.32 Å². The minimum absolute atomic E-state index is 0.0741. The maximum Gasteiger partial charge on any atom is 0.110 e. The van der Waals surface area contributed by atoms with Crippen LogP contribution in [0.1, 0.15) is 46.1 Å². The summed E-state index contributed by atoms with van der Waals surface area (Å²) in [5.41, 5.74) is 5.32. The third-order valence-corrected chi connectivity index (χ3v) is 4.96. The van der Waals surface area contributed by atoms with Crippen LogP contribution in [0.15, 0.2) is 72.2 Å². The molecule has 0 heterocycles. The molecule has 148 valence electrons. The highest BCUT2D eigenvalue weighted by atomic mass is 19.1. The van der Waals surface area contributed by atoms with E-state index in [-0.39, 0.29) is 17.7 Å². The Kier molecular flexibility index (Phi) is 6.23. The lowest BCUT2D eigenvalue weighted by Gasteiger charge is -2.27. The van der Waals surface area contributed by atoms with Gasteiger partial charge in [0.25, 0.3) is 0 Å². The van der Waals surface area contributed by atoms with Crippen LogP contribution in [-0.4, -0.2) is 12.1 Å². The van der Waals surface area contributed by atoms with Crippen molar-refractivity contribution in [1.29, 1.82) is 0 Å². The predicted molar refractivity (Wildman–Crippen MR) is 118 cm³/mol. The highest BCUT2D eigenvalue weighted by Crippen LogP contribution is 2.38. The highest BCUT2D eigenvalue weighted by molar-refractivity contribution is 5.66. The Bertz CT molecular complexity index is 845. The molecule has 2 aromatic carbocycles.